The maximum absolute atomic E-state index is 5.77. The highest BCUT2D eigenvalue weighted by molar-refractivity contribution is 5.44. The summed E-state index contributed by atoms with van der Waals surface area (Å²) in [5, 5.41) is 3.41. The lowest BCUT2D eigenvalue weighted by Gasteiger charge is -2.12. The molecule has 0 aliphatic carbocycles. The normalized spacial score (nSPS) is 21.4. The Bertz CT molecular complexity index is 329. The minimum Gasteiger partial charge on any atom is -0.382 e. The van der Waals surface area contributed by atoms with E-state index in [1.165, 1.54) is 18.4 Å². The van der Waals surface area contributed by atoms with Crippen molar-refractivity contribution in [1.82, 2.24) is 0 Å². The van der Waals surface area contributed by atoms with Gasteiger partial charge in [-0.1, -0.05) is 12.1 Å². The molecule has 1 fully saturated rings. The zero-order valence-electron chi connectivity index (χ0n) is 10.5. The second-order valence-electron chi connectivity index (χ2n) is 4.89. The van der Waals surface area contributed by atoms with Gasteiger partial charge in [-0.3, -0.25) is 0 Å². The van der Waals surface area contributed by atoms with Crippen molar-refractivity contribution in [1.29, 1.82) is 0 Å². The monoisotopic (exact) mass is 234 g/mol. The van der Waals surface area contributed by atoms with Crippen LogP contribution in [0.4, 0.5) is 5.69 Å². The van der Waals surface area contributed by atoms with Crippen LogP contribution in [0.2, 0.25) is 0 Å². The fourth-order valence-electron chi connectivity index (χ4n) is 2.17. The number of benzene rings is 1. The number of hydrogen-bond acceptors (Lipinski definition) is 3. The second-order valence-corrected chi connectivity index (χ2v) is 4.89. The minimum absolute atomic E-state index is 0.223. The van der Waals surface area contributed by atoms with E-state index in [-0.39, 0.29) is 6.04 Å². The van der Waals surface area contributed by atoms with Crippen LogP contribution in [0.3, 0.4) is 0 Å². The predicted octanol–water partition coefficient (Wildman–Crippen LogP) is 2.17. The number of nitrogens with two attached hydrogens (primary N) is 1. The van der Waals surface area contributed by atoms with Crippen LogP contribution in [0.5, 0.6) is 0 Å². The van der Waals surface area contributed by atoms with Gasteiger partial charge < -0.3 is 15.8 Å². The summed E-state index contributed by atoms with van der Waals surface area (Å²) >= 11 is 0. The summed E-state index contributed by atoms with van der Waals surface area (Å²) in [6, 6.07) is 8.74. The van der Waals surface area contributed by atoms with Gasteiger partial charge in [0.1, 0.15) is 0 Å². The van der Waals surface area contributed by atoms with Gasteiger partial charge in [0.15, 0.2) is 0 Å². The van der Waals surface area contributed by atoms with E-state index in [1.807, 2.05) is 6.92 Å². The molecule has 94 valence electrons. The van der Waals surface area contributed by atoms with Gasteiger partial charge in [-0.2, -0.15) is 0 Å². The lowest BCUT2D eigenvalue weighted by Crippen LogP contribution is -2.19. The summed E-state index contributed by atoms with van der Waals surface area (Å²) in [4.78, 5) is 0. The summed E-state index contributed by atoms with van der Waals surface area (Å²) in [7, 11) is 0. The summed E-state index contributed by atoms with van der Waals surface area (Å²) in [5.74, 6) is 0. The van der Waals surface area contributed by atoms with Crippen LogP contribution in [0, 0.1) is 0 Å². The molecule has 2 unspecified atom stereocenters. The predicted molar refractivity (Wildman–Crippen MR) is 71.3 cm³/mol. The molecule has 1 heterocycles. The molecule has 0 saturated carbocycles. The van der Waals surface area contributed by atoms with Gasteiger partial charge in [0.2, 0.25) is 0 Å². The Kier molecular flexibility index (Phi) is 4.40. The first kappa shape index (κ1) is 12.4. The molecule has 1 aliphatic rings. The molecule has 2 atom stereocenters. The molecule has 17 heavy (non-hydrogen) atoms. The molecule has 2 rings (SSSR count). The van der Waals surface area contributed by atoms with Gasteiger partial charge in [0.25, 0.3) is 0 Å². The zero-order chi connectivity index (χ0) is 12.1. The van der Waals surface area contributed by atoms with Crippen LogP contribution in [0.1, 0.15) is 25.3 Å². The molecule has 0 aromatic heterocycles. The number of hydrogen-bond donors (Lipinski definition) is 2. The molecule has 1 aromatic carbocycles. The van der Waals surface area contributed by atoms with Gasteiger partial charge in [0.05, 0.1) is 6.10 Å². The average molecular weight is 234 g/mol. The SMILES string of the molecule is CC(N)Cc1ccc(NCC2CCCO2)cc1. The van der Waals surface area contributed by atoms with Crippen molar-refractivity contribution in [3.05, 3.63) is 29.8 Å². The molecule has 0 amide bonds. The van der Waals surface area contributed by atoms with Crippen molar-refractivity contribution in [3.63, 3.8) is 0 Å². The van der Waals surface area contributed by atoms with Gasteiger partial charge in [0, 0.05) is 24.9 Å². The van der Waals surface area contributed by atoms with Gasteiger partial charge in [-0.15, -0.1) is 0 Å². The lowest BCUT2D eigenvalue weighted by molar-refractivity contribution is 0.120. The zero-order valence-corrected chi connectivity index (χ0v) is 10.5. The van der Waals surface area contributed by atoms with Crippen molar-refractivity contribution in [3.8, 4) is 0 Å². The van der Waals surface area contributed by atoms with Gasteiger partial charge in [-0.05, 0) is 43.9 Å². The van der Waals surface area contributed by atoms with E-state index in [0.29, 0.717) is 6.10 Å². The molecule has 0 spiro atoms. The van der Waals surface area contributed by atoms with Crippen LogP contribution in [-0.4, -0.2) is 25.3 Å². The number of ether oxygens (including phenoxy) is 1. The molecule has 0 bridgehead atoms. The van der Waals surface area contributed by atoms with Crippen molar-refractivity contribution in [2.45, 2.75) is 38.3 Å². The van der Waals surface area contributed by atoms with E-state index >= 15 is 0 Å². The van der Waals surface area contributed by atoms with Crippen LogP contribution < -0.4 is 11.1 Å². The molecule has 0 radical (unpaired) electrons. The molecule has 3 nitrogen and oxygen atoms in total. The van der Waals surface area contributed by atoms with Crippen molar-refractivity contribution < 1.29 is 4.74 Å². The van der Waals surface area contributed by atoms with Crippen LogP contribution in [0.15, 0.2) is 24.3 Å². The Morgan fingerprint density at radius 2 is 2.18 bits per heavy atom. The maximum Gasteiger partial charge on any atom is 0.0748 e. The first-order valence-electron chi connectivity index (χ1n) is 6.44. The molecule has 3 heteroatoms. The highest BCUT2D eigenvalue weighted by Crippen LogP contribution is 2.15. The van der Waals surface area contributed by atoms with E-state index in [9.17, 15) is 0 Å². The summed E-state index contributed by atoms with van der Waals surface area (Å²) in [6.45, 7) is 3.86. The van der Waals surface area contributed by atoms with Crippen molar-refractivity contribution in [2.24, 2.45) is 5.73 Å². The van der Waals surface area contributed by atoms with Crippen molar-refractivity contribution >= 4 is 5.69 Å². The Balaban J connectivity index is 1.80. The standard InChI is InChI=1S/C14H22N2O/c1-11(15)9-12-4-6-13(7-5-12)16-10-14-3-2-8-17-14/h4-7,11,14,16H,2-3,8-10,15H2,1H3. The Morgan fingerprint density at radius 1 is 1.41 bits per heavy atom. The van der Waals surface area contributed by atoms with Gasteiger partial charge in [-0.25, -0.2) is 0 Å². The maximum atomic E-state index is 5.77. The molecular weight excluding hydrogens is 212 g/mol. The molecule has 3 N–H and O–H groups in total. The highest BCUT2D eigenvalue weighted by Gasteiger charge is 2.14. The lowest BCUT2D eigenvalue weighted by atomic mass is 10.1. The third-order valence-electron chi connectivity index (χ3n) is 3.07. The summed E-state index contributed by atoms with van der Waals surface area (Å²) in [5.41, 5.74) is 8.23. The van der Waals surface area contributed by atoms with Gasteiger partial charge >= 0.3 is 0 Å². The van der Waals surface area contributed by atoms with Crippen LogP contribution >= 0.6 is 0 Å². The van der Waals surface area contributed by atoms with E-state index in [2.05, 4.69) is 29.6 Å². The third kappa shape index (κ3) is 4.02. The quantitative estimate of drug-likeness (QED) is 0.821. The fourth-order valence-corrected chi connectivity index (χ4v) is 2.17. The van der Waals surface area contributed by atoms with Crippen LogP contribution in [-0.2, 0) is 11.2 Å². The van der Waals surface area contributed by atoms with Crippen LogP contribution in [0.25, 0.3) is 0 Å². The third-order valence-corrected chi connectivity index (χ3v) is 3.07. The Labute approximate surface area is 103 Å². The summed E-state index contributed by atoms with van der Waals surface area (Å²) < 4.78 is 5.57. The fraction of sp³-hybridized carbons (Fsp3) is 0.571. The second kappa shape index (κ2) is 6.03. The van der Waals surface area contributed by atoms with E-state index in [1.54, 1.807) is 0 Å². The number of anilines is 1. The average Bonchev–Trinajstić information content (AvgIpc) is 2.80. The number of nitrogens with one attached hydrogen (secondary N) is 1. The highest BCUT2D eigenvalue weighted by atomic mass is 16.5. The van der Waals surface area contributed by atoms with Crippen molar-refractivity contribution in [2.75, 3.05) is 18.5 Å². The summed E-state index contributed by atoms with van der Waals surface area (Å²) in [6.07, 6.45) is 3.69. The largest absolute Gasteiger partial charge is 0.382 e. The first-order chi connectivity index (χ1) is 8.24. The topological polar surface area (TPSA) is 47.3 Å². The Hall–Kier alpha value is -1.06. The first-order valence-corrected chi connectivity index (χ1v) is 6.44. The number of rotatable bonds is 5. The molecular formula is C14H22N2O. The van der Waals surface area contributed by atoms with E-state index in [4.69, 9.17) is 10.5 Å². The molecule has 1 aromatic rings. The van der Waals surface area contributed by atoms with E-state index in [0.717, 1.165) is 25.3 Å². The molecule has 1 saturated heterocycles. The smallest absolute Gasteiger partial charge is 0.0748 e. The molecule has 1 aliphatic heterocycles. The Morgan fingerprint density at radius 3 is 2.76 bits per heavy atom. The minimum atomic E-state index is 0.223. The van der Waals surface area contributed by atoms with E-state index < -0.39 is 0 Å².